The molecular weight excluding hydrogens is 472 g/mol. The average Bonchev–Trinajstić information content (AvgIpc) is 2.92. The Hall–Kier alpha value is -4.92. The highest BCUT2D eigenvalue weighted by molar-refractivity contribution is 6.12. The number of anilines is 1. The van der Waals surface area contributed by atoms with Crippen LogP contribution in [0.2, 0.25) is 0 Å². The zero-order chi connectivity index (χ0) is 26.5. The van der Waals surface area contributed by atoms with E-state index in [1.165, 1.54) is 14.2 Å². The first-order chi connectivity index (χ1) is 17.9. The number of amides is 2. The number of fused-ring (bicyclic) bond motifs is 1. The van der Waals surface area contributed by atoms with Crippen LogP contribution in [0.25, 0.3) is 10.8 Å². The summed E-state index contributed by atoms with van der Waals surface area (Å²) < 4.78 is 10.6. The minimum absolute atomic E-state index is 0.00774. The molecule has 0 radical (unpaired) electrons. The van der Waals surface area contributed by atoms with E-state index in [1.807, 2.05) is 19.1 Å². The number of aryl methyl sites for hydroxylation is 1. The molecule has 0 atom stereocenters. The van der Waals surface area contributed by atoms with E-state index >= 15 is 0 Å². The molecule has 3 N–H and O–H groups in total. The van der Waals surface area contributed by atoms with Gasteiger partial charge < -0.3 is 25.2 Å². The number of aromatic hydroxyl groups is 1. The summed E-state index contributed by atoms with van der Waals surface area (Å²) in [4.78, 5) is 25.3. The number of benzene rings is 4. The summed E-state index contributed by atoms with van der Waals surface area (Å²) in [6.07, 6.45) is 0. The number of hydrogen-bond acceptors (Lipinski definition) is 7. The second-order valence-corrected chi connectivity index (χ2v) is 8.14. The molecule has 0 bridgehead atoms. The van der Waals surface area contributed by atoms with Crippen molar-refractivity contribution in [3.05, 3.63) is 83.4 Å². The number of azo groups is 1. The van der Waals surface area contributed by atoms with Gasteiger partial charge >= 0.3 is 0 Å². The van der Waals surface area contributed by atoms with E-state index in [2.05, 4.69) is 20.9 Å². The molecule has 4 rings (SSSR count). The highest BCUT2D eigenvalue weighted by Gasteiger charge is 2.20. The van der Waals surface area contributed by atoms with Crippen molar-refractivity contribution in [2.24, 2.45) is 10.2 Å². The summed E-state index contributed by atoms with van der Waals surface area (Å²) >= 11 is 0. The molecule has 0 aliphatic carbocycles. The second-order valence-electron chi connectivity index (χ2n) is 8.14. The van der Waals surface area contributed by atoms with Gasteiger partial charge in [-0.15, -0.1) is 5.11 Å². The Morgan fingerprint density at radius 1 is 0.892 bits per heavy atom. The molecule has 0 heterocycles. The van der Waals surface area contributed by atoms with Gasteiger partial charge in [-0.1, -0.05) is 30.3 Å². The van der Waals surface area contributed by atoms with Crippen LogP contribution in [0.1, 0.15) is 26.3 Å². The van der Waals surface area contributed by atoms with E-state index in [4.69, 9.17) is 9.47 Å². The molecule has 37 heavy (non-hydrogen) atoms. The van der Waals surface area contributed by atoms with Gasteiger partial charge in [-0.3, -0.25) is 9.59 Å². The molecule has 9 nitrogen and oxygen atoms in total. The Kier molecular flexibility index (Phi) is 7.34. The Balaban J connectivity index is 1.78. The van der Waals surface area contributed by atoms with Gasteiger partial charge in [-0.05, 0) is 48.2 Å². The van der Waals surface area contributed by atoms with E-state index in [9.17, 15) is 14.7 Å². The maximum Gasteiger partial charge on any atom is 0.259 e. The number of carbonyl (C=O) groups excluding carboxylic acids is 2. The van der Waals surface area contributed by atoms with Crippen LogP contribution in [0.3, 0.4) is 0 Å². The van der Waals surface area contributed by atoms with Crippen LogP contribution in [0.5, 0.6) is 17.2 Å². The third-order valence-corrected chi connectivity index (χ3v) is 5.85. The molecule has 0 aliphatic heterocycles. The quantitative estimate of drug-likeness (QED) is 0.274. The van der Waals surface area contributed by atoms with Crippen LogP contribution < -0.4 is 20.1 Å². The van der Waals surface area contributed by atoms with Crippen molar-refractivity contribution >= 4 is 39.6 Å². The van der Waals surface area contributed by atoms with Crippen LogP contribution >= 0.6 is 0 Å². The van der Waals surface area contributed by atoms with Crippen molar-refractivity contribution in [1.82, 2.24) is 5.32 Å². The van der Waals surface area contributed by atoms with E-state index in [0.717, 1.165) is 5.56 Å². The van der Waals surface area contributed by atoms with E-state index in [0.29, 0.717) is 39.2 Å². The topological polar surface area (TPSA) is 122 Å². The third kappa shape index (κ3) is 5.20. The number of methoxy groups -OCH3 is 2. The van der Waals surface area contributed by atoms with Crippen molar-refractivity contribution in [1.29, 1.82) is 0 Å². The molecule has 188 valence electrons. The number of ether oxygens (including phenoxy) is 2. The Morgan fingerprint density at radius 3 is 2.41 bits per heavy atom. The SMILES string of the molecule is CNC(=O)c1ccc(C)c(N=Nc2c(O)c(C(=O)Nc3cc(OC)ccc3OC)cc3ccccc23)c1. The average molecular weight is 499 g/mol. The summed E-state index contributed by atoms with van der Waals surface area (Å²) in [5.41, 5.74) is 2.19. The van der Waals surface area contributed by atoms with Crippen molar-refractivity contribution in [2.75, 3.05) is 26.6 Å². The fraction of sp³-hybridized carbons (Fsp3) is 0.143. The minimum atomic E-state index is -0.566. The van der Waals surface area contributed by atoms with Crippen molar-refractivity contribution < 1.29 is 24.2 Å². The molecule has 2 amide bonds. The molecule has 0 saturated heterocycles. The number of nitrogens with zero attached hydrogens (tertiary/aromatic N) is 2. The van der Waals surface area contributed by atoms with Crippen molar-refractivity contribution in [2.45, 2.75) is 6.92 Å². The molecule has 4 aromatic carbocycles. The molecule has 0 aliphatic rings. The molecule has 0 unspecified atom stereocenters. The zero-order valence-electron chi connectivity index (χ0n) is 20.8. The maximum absolute atomic E-state index is 13.3. The van der Waals surface area contributed by atoms with Gasteiger partial charge in [-0.2, -0.15) is 5.11 Å². The van der Waals surface area contributed by atoms with E-state index in [1.54, 1.807) is 61.6 Å². The molecule has 0 aromatic heterocycles. The van der Waals surface area contributed by atoms with Crippen molar-refractivity contribution in [3.8, 4) is 17.2 Å². The van der Waals surface area contributed by atoms with Crippen LogP contribution in [0, 0.1) is 6.92 Å². The van der Waals surface area contributed by atoms with Gasteiger partial charge in [0.1, 0.15) is 17.2 Å². The number of phenols is 1. The largest absolute Gasteiger partial charge is 0.505 e. The standard InChI is InChI=1S/C28H26N4O5/c1-16-9-10-18(27(34)29-2)14-22(16)31-32-25-20-8-6-5-7-17(20)13-21(26(25)33)28(35)30-23-15-19(36-3)11-12-24(23)37-4/h5-15,33H,1-4H3,(H,29,34)(H,30,35). The molecule has 0 spiro atoms. The first kappa shape index (κ1) is 25.2. The summed E-state index contributed by atoms with van der Waals surface area (Å²) in [6.45, 7) is 1.84. The lowest BCUT2D eigenvalue weighted by Crippen LogP contribution is -2.17. The van der Waals surface area contributed by atoms with Gasteiger partial charge in [0.05, 0.1) is 31.2 Å². The van der Waals surface area contributed by atoms with Gasteiger partial charge in [0.2, 0.25) is 0 Å². The fourth-order valence-electron chi connectivity index (χ4n) is 3.80. The predicted molar refractivity (Wildman–Crippen MR) is 142 cm³/mol. The van der Waals surface area contributed by atoms with Gasteiger partial charge in [0, 0.05) is 24.1 Å². The Labute approximate surface area is 213 Å². The number of hydrogen-bond donors (Lipinski definition) is 3. The maximum atomic E-state index is 13.3. The normalized spacial score (nSPS) is 10.9. The number of phenolic OH excluding ortho intramolecular Hbond substituents is 1. The van der Waals surface area contributed by atoms with E-state index < -0.39 is 5.91 Å². The van der Waals surface area contributed by atoms with Crippen LogP contribution in [-0.2, 0) is 0 Å². The monoisotopic (exact) mass is 498 g/mol. The molecule has 0 fully saturated rings. The van der Waals surface area contributed by atoms with Crippen LogP contribution in [0.4, 0.5) is 17.1 Å². The molecule has 4 aromatic rings. The lowest BCUT2D eigenvalue weighted by molar-refractivity contribution is 0.0962. The lowest BCUT2D eigenvalue weighted by atomic mass is 10.0. The first-order valence-corrected chi connectivity index (χ1v) is 11.4. The highest BCUT2D eigenvalue weighted by atomic mass is 16.5. The first-order valence-electron chi connectivity index (χ1n) is 11.4. The third-order valence-electron chi connectivity index (χ3n) is 5.85. The van der Waals surface area contributed by atoms with Crippen molar-refractivity contribution in [3.63, 3.8) is 0 Å². The second kappa shape index (κ2) is 10.8. The fourth-order valence-corrected chi connectivity index (χ4v) is 3.80. The summed E-state index contributed by atoms with van der Waals surface area (Å²) in [5.74, 6) is -0.189. The minimum Gasteiger partial charge on any atom is -0.505 e. The number of rotatable bonds is 7. The summed E-state index contributed by atoms with van der Waals surface area (Å²) in [6, 6.07) is 18.9. The zero-order valence-corrected chi connectivity index (χ0v) is 20.8. The summed E-state index contributed by atoms with van der Waals surface area (Å²) in [5, 5.41) is 26.4. The molecule has 0 saturated carbocycles. The molecule has 9 heteroatoms. The Morgan fingerprint density at radius 2 is 1.68 bits per heavy atom. The predicted octanol–water partition coefficient (Wildman–Crippen LogP) is 5.90. The molecular formula is C28H26N4O5. The van der Waals surface area contributed by atoms with Crippen LogP contribution in [-0.4, -0.2) is 38.2 Å². The van der Waals surface area contributed by atoms with Gasteiger partial charge in [-0.25, -0.2) is 0 Å². The van der Waals surface area contributed by atoms with Crippen LogP contribution in [0.15, 0.2) is 77.0 Å². The Bertz CT molecular complexity index is 1530. The highest BCUT2D eigenvalue weighted by Crippen LogP contribution is 2.40. The van der Waals surface area contributed by atoms with Gasteiger partial charge in [0.25, 0.3) is 11.8 Å². The van der Waals surface area contributed by atoms with E-state index in [-0.39, 0.29) is 22.9 Å². The number of nitrogens with one attached hydrogen (secondary N) is 2. The lowest BCUT2D eigenvalue weighted by Gasteiger charge is -2.14. The smallest absolute Gasteiger partial charge is 0.259 e. The summed E-state index contributed by atoms with van der Waals surface area (Å²) in [7, 11) is 4.56. The number of carbonyl (C=O) groups is 2. The van der Waals surface area contributed by atoms with Gasteiger partial charge in [0.15, 0.2) is 5.75 Å².